The van der Waals surface area contributed by atoms with Crippen LogP contribution in [0.4, 0.5) is 0 Å². The number of allylic oxidation sites excluding steroid dienone is 1. The van der Waals surface area contributed by atoms with E-state index in [1.807, 2.05) is 32.9 Å². The molecule has 0 radical (unpaired) electrons. The van der Waals surface area contributed by atoms with Crippen LogP contribution in [-0.2, 0) is 36.9 Å². The lowest BCUT2D eigenvalue weighted by molar-refractivity contribution is -0.144. The fourth-order valence-corrected chi connectivity index (χ4v) is 5.84. The monoisotopic (exact) mass is 712 g/mol. The number of carboxylic acid groups (broad SMARTS) is 1. The average molecular weight is 713 g/mol. The second-order valence-corrected chi connectivity index (χ2v) is 15.3. The van der Waals surface area contributed by atoms with Crippen LogP contribution in [0.5, 0.6) is 5.75 Å². The van der Waals surface area contributed by atoms with Gasteiger partial charge in [0, 0.05) is 19.5 Å². The molecule has 0 aliphatic carbocycles. The number of carbonyl (C=O) groups excluding carboxylic acids is 3. The van der Waals surface area contributed by atoms with Gasteiger partial charge in [0.1, 0.15) is 23.9 Å². The van der Waals surface area contributed by atoms with E-state index >= 15 is 0 Å². The van der Waals surface area contributed by atoms with E-state index in [9.17, 15) is 24.3 Å². The maximum atomic E-state index is 13.5. The van der Waals surface area contributed by atoms with Gasteiger partial charge in [0.25, 0.3) is 0 Å². The van der Waals surface area contributed by atoms with Gasteiger partial charge in [-0.3, -0.25) is 14.4 Å². The number of methoxy groups -OCH3 is 1. The molecule has 3 amide bonds. The van der Waals surface area contributed by atoms with Crippen LogP contribution in [0.15, 0.2) is 54.6 Å². The van der Waals surface area contributed by atoms with E-state index in [4.69, 9.17) is 26.8 Å². The van der Waals surface area contributed by atoms with Gasteiger partial charge in [-0.25, -0.2) is 4.79 Å². The molecule has 1 aliphatic heterocycles. The molecule has 5 atom stereocenters. The van der Waals surface area contributed by atoms with Gasteiger partial charge in [0.2, 0.25) is 17.7 Å². The summed E-state index contributed by atoms with van der Waals surface area (Å²) in [6.45, 7) is 11.4. The molecule has 274 valence electrons. The van der Waals surface area contributed by atoms with Crippen molar-refractivity contribution in [3.63, 3.8) is 0 Å². The Kier molecular flexibility index (Phi) is 14.4. The van der Waals surface area contributed by atoms with E-state index in [2.05, 4.69) is 35.0 Å². The van der Waals surface area contributed by atoms with Crippen molar-refractivity contribution in [1.29, 1.82) is 0 Å². The first-order chi connectivity index (χ1) is 23.4. The Hall–Kier alpha value is -3.93. The maximum absolute atomic E-state index is 13.5. The van der Waals surface area contributed by atoms with E-state index in [0.717, 1.165) is 17.5 Å². The molecule has 12 heteroatoms. The van der Waals surface area contributed by atoms with Gasteiger partial charge in [-0.15, -0.1) is 0 Å². The lowest BCUT2D eigenvalue weighted by atomic mass is 9.86. The fraction of sp³-hybridized carbons (Fsp3) is 0.526. The molecular formula is C38H53ClN4O7. The van der Waals surface area contributed by atoms with Gasteiger partial charge in [0.05, 0.1) is 23.7 Å². The van der Waals surface area contributed by atoms with Crippen LogP contribution >= 0.6 is 11.6 Å². The van der Waals surface area contributed by atoms with Gasteiger partial charge in [0.15, 0.2) is 0 Å². The van der Waals surface area contributed by atoms with Crippen LogP contribution < -0.4 is 26.4 Å². The number of hydrogen-bond acceptors (Lipinski definition) is 7. The zero-order valence-corrected chi connectivity index (χ0v) is 30.9. The normalized spacial score (nSPS) is 17.8. The number of amides is 3. The lowest BCUT2D eigenvalue weighted by Gasteiger charge is -2.29. The first kappa shape index (κ1) is 40.5. The molecule has 0 aromatic heterocycles. The van der Waals surface area contributed by atoms with E-state index in [1.54, 1.807) is 38.1 Å². The minimum Gasteiger partial charge on any atom is -0.495 e. The minimum atomic E-state index is -1.14. The number of ether oxygens (including phenoxy) is 2. The molecule has 0 bridgehead atoms. The van der Waals surface area contributed by atoms with Gasteiger partial charge in [-0.1, -0.05) is 75.7 Å². The number of benzene rings is 2. The highest BCUT2D eigenvalue weighted by molar-refractivity contribution is 6.32. The van der Waals surface area contributed by atoms with E-state index in [0.29, 0.717) is 29.3 Å². The Morgan fingerprint density at radius 1 is 1.02 bits per heavy atom. The summed E-state index contributed by atoms with van der Waals surface area (Å²) >= 11 is 6.33. The van der Waals surface area contributed by atoms with Gasteiger partial charge in [-0.05, 0) is 79.3 Å². The largest absolute Gasteiger partial charge is 0.495 e. The van der Waals surface area contributed by atoms with Crippen LogP contribution in [0.1, 0.15) is 83.6 Å². The van der Waals surface area contributed by atoms with Crippen molar-refractivity contribution in [2.75, 3.05) is 13.7 Å². The van der Waals surface area contributed by atoms with Crippen LogP contribution in [0.2, 0.25) is 5.02 Å². The zero-order chi connectivity index (χ0) is 37.2. The summed E-state index contributed by atoms with van der Waals surface area (Å²) in [6, 6.07) is 11.2. The number of carbonyl (C=O) groups is 4. The summed E-state index contributed by atoms with van der Waals surface area (Å²) in [5, 5.41) is 18.2. The molecule has 0 spiro atoms. The lowest BCUT2D eigenvalue weighted by Crippen LogP contribution is -2.54. The van der Waals surface area contributed by atoms with Crippen molar-refractivity contribution < 1.29 is 33.8 Å². The molecule has 3 rings (SSSR count). The minimum absolute atomic E-state index is 0.0629. The van der Waals surface area contributed by atoms with E-state index in [-0.39, 0.29) is 42.9 Å². The summed E-state index contributed by atoms with van der Waals surface area (Å²) < 4.78 is 11.2. The smallest absolute Gasteiger partial charge is 0.326 e. The predicted molar refractivity (Wildman–Crippen MR) is 194 cm³/mol. The topological polar surface area (TPSA) is 172 Å². The van der Waals surface area contributed by atoms with Crippen molar-refractivity contribution in [2.24, 2.45) is 22.5 Å². The number of epoxide rings is 1. The van der Waals surface area contributed by atoms with Gasteiger partial charge in [-0.2, -0.15) is 0 Å². The molecule has 4 unspecified atom stereocenters. The molecule has 50 heavy (non-hydrogen) atoms. The standard InChI is InChI=1S/C38H53ClN4O7/c1-23(32-33(50-32)26-15-12-24(21-40)13-16-26)10-8-9-11-31(44)42-28(19-25-14-17-30(49-7)27(39)18-25)34(45)41-22-38(5,6)36(48)43-29(35(46)47)20-37(2,3)4/h9,11-18,23,28-29,32-33H,8,10,19-22,40H2,1-7H3,(H,41,45)(H,42,44)(H,43,48)(H,46,47)/b11-9+/t23?,28-,29?,32?,33?/m1/s1. The molecule has 1 saturated heterocycles. The first-order valence-corrected chi connectivity index (χ1v) is 17.4. The highest BCUT2D eigenvalue weighted by Crippen LogP contribution is 2.44. The quantitative estimate of drug-likeness (QED) is 0.105. The SMILES string of the molecule is COc1ccc(C[C@@H](NC(=O)/C=C/CCC(C)C2OC2c2ccc(CN)cc2)C(=O)NCC(C)(C)C(=O)NC(CC(C)(C)C)C(=O)O)cc1Cl. The van der Waals surface area contributed by atoms with Crippen molar-refractivity contribution in [1.82, 2.24) is 16.0 Å². The third kappa shape index (κ3) is 12.4. The Balaban J connectivity index is 1.60. The van der Waals surface area contributed by atoms with Crippen molar-refractivity contribution in [3.8, 4) is 5.75 Å². The summed E-state index contributed by atoms with van der Waals surface area (Å²) in [6.07, 6.45) is 5.20. The number of nitrogens with two attached hydrogens (primary N) is 1. The molecule has 1 fully saturated rings. The molecule has 2 aromatic rings. The van der Waals surface area contributed by atoms with Crippen LogP contribution in [0, 0.1) is 16.7 Å². The molecular weight excluding hydrogens is 660 g/mol. The Bertz CT molecular complexity index is 1520. The number of carboxylic acids is 1. The van der Waals surface area contributed by atoms with Gasteiger partial charge >= 0.3 is 5.97 Å². The van der Waals surface area contributed by atoms with Crippen molar-refractivity contribution in [2.45, 2.75) is 98.1 Å². The molecule has 6 N–H and O–H groups in total. The highest BCUT2D eigenvalue weighted by atomic mass is 35.5. The summed E-state index contributed by atoms with van der Waals surface area (Å²) in [4.78, 5) is 51.5. The zero-order valence-electron chi connectivity index (χ0n) is 30.2. The first-order valence-electron chi connectivity index (χ1n) is 17.0. The molecule has 2 aromatic carbocycles. The third-order valence-corrected chi connectivity index (χ3v) is 9.01. The average Bonchev–Trinajstić information content (AvgIpc) is 3.86. The number of aliphatic carboxylic acids is 1. The number of halogens is 1. The van der Waals surface area contributed by atoms with Crippen LogP contribution in [-0.4, -0.2) is 60.6 Å². The summed E-state index contributed by atoms with van der Waals surface area (Å²) in [5.74, 6) is -1.84. The van der Waals surface area contributed by atoms with Crippen molar-refractivity contribution >= 4 is 35.3 Å². The number of hydrogen-bond donors (Lipinski definition) is 5. The predicted octanol–water partition coefficient (Wildman–Crippen LogP) is 5.10. The van der Waals surface area contributed by atoms with Crippen molar-refractivity contribution in [3.05, 3.63) is 76.3 Å². The Morgan fingerprint density at radius 2 is 1.68 bits per heavy atom. The molecule has 1 aliphatic rings. The molecule has 0 saturated carbocycles. The second-order valence-electron chi connectivity index (χ2n) is 14.9. The third-order valence-electron chi connectivity index (χ3n) is 8.72. The fourth-order valence-electron chi connectivity index (χ4n) is 5.56. The van der Waals surface area contributed by atoms with E-state index < -0.39 is 41.2 Å². The number of nitrogens with one attached hydrogen (secondary N) is 3. The van der Waals surface area contributed by atoms with Gasteiger partial charge < -0.3 is 36.3 Å². The van der Waals surface area contributed by atoms with Crippen LogP contribution in [0.3, 0.4) is 0 Å². The highest BCUT2D eigenvalue weighted by Gasteiger charge is 2.43. The van der Waals surface area contributed by atoms with E-state index in [1.165, 1.54) is 13.2 Å². The Morgan fingerprint density at radius 3 is 2.26 bits per heavy atom. The summed E-state index contributed by atoms with van der Waals surface area (Å²) in [7, 11) is 1.50. The molecule has 1 heterocycles. The Labute approximate surface area is 300 Å². The second kappa shape index (κ2) is 17.8. The number of rotatable bonds is 18. The van der Waals surface area contributed by atoms with Crippen LogP contribution in [0.25, 0.3) is 0 Å². The maximum Gasteiger partial charge on any atom is 0.326 e. The summed E-state index contributed by atoms with van der Waals surface area (Å²) in [5.41, 5.74) is 7.12. The molecule has 11 nitrogen and oxygen atoms in total.